The van der Waals surface area contributed by atoms with Crippen LogP contribution in [-0.2, 0) is 11.3 Å². The number of benzene rings is 1. The van der Waals surface area contributed by atoms with E-state index in [-0.39, 0.29) is 6.42 Å². The average molecular weight is 242 g/mol. The number of hydrogen-bond acceptors (Lipinski definition) is 2. The van der Waals surface area contributed by atoms with Crippen molar-refractivity contribution >= 4 is 17.6 Å². The van der Waals surface area contributed by atoms with Crippen molar-refractivity contribution in [3.8, 4) is 0 Å². The number of rotatable bonds is 5. The summed E-state index contributed by atoms with van der Waals surface area (Å²) in [5.74, 6) is -0.769. The third kappa shape index (κ3) is 4.64. The Morgan fingerprint density at radius 2 is 2.12 bits per heavy atom. The molecule has 0 heterocycles. The van der Waals surface area contributed by atoms with Crippen LogP contribution in [0.5, 0.6) is 0 Å². The van der Waals surface area contributed by atoms with E-state index >= 15 is 0 Å². The molecule has 1 N–H and O–H groups in total. The molecular weight excluding hydrogens is 226 g/mol. The molecule has 0 aromatic heterocycles. The second kappa shape index (κ2) is 5.87. The summed E-state index contributed by atoms with van der Waals surface area (Å²) in [5.41, 5.74) is 2.23. The van der Waals surface area contributed by atoms with E-state index in [4.69, 9.17) is 16.7 Å². The van der Waals surface area contributed by atoms with Crippen molar-refractivity contribution in [1.29, 1.82) is 0 Å². The van der Waals surface area contributed by atoms with E-state index in [1.807, 2.05) is 31.0 Å². The first-order chi connectivity index (χ1) is 7.47. The molecule has 0 aliphatic heterocycles. The molecule has 16 heavy (non-hydrogen) atoms. The quantitative estimate of drug-likeness (QED) is 0.861. The van der Waals surface area contributed by atoms with Gasteiger partial charge in [0.1, 0.15) is 0 Å². The van der Waals surface area contributed by atoms with Crippen LogP contribution in [0.4, 0.5) is 0 Å². The van der Waals surface area contributed by atoms with Gasteiger partial charge < -0.3 is 10.0 Å². The minimum absolute atomic E-state index is 0.163. The van der Waals surface area contributed by atoms with Gasteiger partial charge in [-0.05, 0) is 37.2 Å². The third-order valence-electron chi connectivity index (χ3n) is 2.26. The molecule has 0 fully saturated rings. The zero-order valence-electron chi connectivity index (χ0n) is 9.53. The molecule has 0 atom stereocenters. The zero-order chi connectivity index (χ0) is 12.1. The highest BCUT2D eigenvalue weighted by Gasteiger charge is 2.04. The van der Waals surface area contributed by atoms with Gasteiger partial charge in [0.05, 0.1) is 6.42 Å². The Kier molecular flexibility index (Phi) is 4.77. The summed E-state index contributed by atoms with van der Waals surface area (Å²) in [4.78, 5) is 12.4. The topological polar surface area (TPSA) is 40.5 Å². The summed E-state index contributed by atoms with van der Waals surface area (Å²) < 4.78 is 0. The molecule has 1 aromatic carbocycles. The number of halogens is 1. The number of carboxylic acids is 1. The number of nitrogens with zero attached hydrogens (tertiary/aromatic N) is 1. The van der Waals surface area contributed by atoms with Crippen LogP contribution < -0.4 is 0 Å². The van der Waals surface area contributed by atoms with E-state index in [1.54, 1.807) is 0 Å². The minimum Gasteiger partial charge on any atom is -0.481 e. The lowest BCUT2D eigenvalue weighted by atomic mass is 10.1. The van der Waals surface area contributed by atoms with Gasteiger partial charge in [0.25, 0.3) is 0 Å². The molecule has 88 valence electrons. The van der Waals surface area contributed by atoms with Crippen molar-refractivity contribution < 1.29 is 9.90 Å². The van der Waals surface area contributed by atoms with Crippen molar-refractivity contribution in [1.82, 2.24) is 4.90 Å². The van der Waals surface area contributed by atoms with Crippen molar-refractivity contribution in [3.05, 3.63) is 34.3 Å². The SMILES string of the molecule is Cc1cc(Cl)cc(CN(C)CCC(=O)O)c1. The van der Waals surface area contributed by atoms with Crippen molar-refractivity contribution in [3.63, 3.8) is 0 Å². The van der Waals surface area contributed by atoms with Crippen LogP contribution in [0, 0.1) is 6.92 Å². The Bertz CT molecular complexity index is 359. The van der Waals surface area contributed by atoms with Crippen LogP contribution in [0.1, 0.15) is 17.5 Å². The first-order valence-corrected chi connectivity index (χ1v) is 5.51. The number of carbonyl (C=O) groups is 1. The van der Waals surface area contributed by atoms with Crippen LogP contribution in [0.3, 0.4) is 0 Å². The highest BCUT2D eigenvalue weighted by atomic mass is 35.5. The smallest absolute Gasteiger partial charge is 0.304 e. The standard InChI is InChI=1S/C12H16ClNO2/c1-9-5-10(7-11(13)6-9)8-14(2)4-3-12(15)16/h5-7H,3-4,8H2,1-2H3,(H,15,16). The number of aliphatic carboxylic acids is 1. The molecule has 1 rings (SSSR count). The Morgan fingerprint density at radius 1 is 1.44 bits per heavy atom. The van der Waals surface area contributed by atoms with Crippen LogP contribution in [0.2, 0.25) is 5.02 Å². The predicted octanol–water partition coefficient (Wildman–Crippen LogP) is 2.55. The van der Waals surface area contributed by atoms with Gasteiger partial charge in [0, 0.05) is 18.1 Å². The van der Waals surface area contributed by atoms with Gasteiger partial charge in [-0.2, -0.15) is 0 Å². The Labute approximate surface area is 101 Å². The monoisotopic (exact) mass is 241 g/mol. The van der Waals surface area contributed by atoms with Gasteiger partial charge in [0.2, 0.25) is 0 Å². The lowest BCUT2D eigenvalue weighted by Crippen LogP contribution is -2.21. The molecule has 1 aromatic rings. The summed E-state index contributed by atoms with van der Waals surface area (Å²) in [6.07, 6.45) is 0.163. The predicted molar refractivity (Wildman–Crippen MR) is 64.8 cm³/mol. The second-order valence-corrected chi connectivity index (χ2v) is 4.45. The first-order valence-electron chi connectivity index (χ1n) is 5.14. The normalized spacial score (nSPS) is 10.8. The van der Waals surface area contributed by atoms with Gasteiger partial charge >= 0.3 is 5.97 Å². The van der Waals surface area contributed by atoms with Crippen molar-refractivity contribution in [2.24, 2.45) is 0 Å². The number of carboxylic acid groups (broad SMARTS) is 1. The molecule has 0 unspecified atom stereocenters. The van der Waals surface area contributed by atoms with E-state index in [0.717, 1.165) is 16.1 Å². The summed E-state index contributed by atoms with van der Waals surface area (Å²) in [6, 6.07) is 5.87. The van der Waals surface area contributed by atoms with E-state index < -0.39 is 5.97 Å². The van der Waals surface area contributed by atoms with Gasteiger partial charge in [-0.15, -0.1) is 0 Å². The molecule has 0 saturated heterocycles. The Hall–Kier alpha value is -1.06. The fourth-order valence-electron chi connectivity index (χ4n) is 1.58. The largest absolute Gasteiger partial charge is 0.481 e. The first kappa shape index (κ1) is 13.0. The molecule has 0 aliphatic rings. The van der Waals surface area contributed by atoms with E-state index in [9.17, 15) is 4.79 Å². The molecular formula is C12H16ClNO2. The summed E-state index contributed by atoms with van der Waals surface area (Å²) >= 11 is 5.95. The number of hydrogen-bond donors (Lipinski definition) is 1. The van der Waals surface area contributed by atoms with Gasteiger partial charge in [-0.3, -0.25) is 4.79 Å². The van der Waals surface area contributed by atoms with Crippen LogP contribution in [-0.4, -0.2) is 29.6 Å². The van der Waals surface area contributed by atoms with Crippen LogP contribution in [0.15, 0.2) is 18.2 Å². The second-order valence-electron chi connectivity index (χ2n) is 4.02. The van der Waals surface area contributed by atoms with Gasteiger partial charge in [0.15, 0.2) is 0 Å². The lowest BCUT2D eigenvalue weighted by molar-refractivity contribution is -0.137. The van der Waals surface area contributed by atoms with E-state index in [1.165, 1.54) is 0 Å². The third-order valence-corrected chi connectivity index (χ3v) is 2.48. The molecule has 0 spiro atoms. The summed E-state index contributed by atoms with van der Waals surface area (Å²) in [7, 11) is 1.90. The Balaban J connectivity index is 2.55. The van der Waals surface area contributed by atoms with Crippen LogP contribution >= 0.6 is 11.6 Å². The van der Waals surface area contributed by atoms with Gasteiger partial charge in [-0.1, -0.05) is 17.7 Å². The highest BCUT2D eigenvalue weighted by Crippen LogP contribution is 2.15. The maximum Gasteiger partial charge on any atom is 0.304 e. The molecule has 4 heteroatoms. The molecule has 0 aliphatic carbocycles. The summed E-state index contributed by atoms with van der Waals surface area (Å²) in [5, 5.41) is 9.29. The average Bonchev–Trinajstić information content (AvgIpc) is 2.12. The molecule has 0 amide bonds. The number of aryl methyl sites for hydroxylation is 1. The fourth-order valence-corrected chi connectivity index (χ4v) is 1.89. The highest BCUT2D eigenvalue weighted by molar-refractivity contribution is 6.30. The molecule has 0 radical (unpaired) electrons. The lowest BCUT2D eigenvalue weighted by Gasteiger charge is -2.15. The summed E-state index contributed by atoms with van der Waals surface area (Å²) in [6.45, 7) is 3.25. The van der Waals surface area contributed by atoms with Crippen LogP contribution in [0.25, 0.3) is 0 Å². The van der Waals surface area contributed by atoms with Crippen molar-refractivity contribution in [2.75, 3.05) is 13.6 Å². The molecule has 3 nitrogen and oxygen atoms in total. The van der Waals surface area contributed by atoms with E-state index in [0.29, 0.717) is 13.1 Å². The minimum atomic E-state index is -0.769. The fraction of sp³-hybridized carbons (Fsp3) is 0.417. The molecule has 0 bridgehead atoms. The Morgan fingerprint density at radius 3 is 2.69 bits per heavy atom. The van der Waals surface area contributed by atoms with Crippen molar-refractivity contribution in [2.45, 2.75) is 19.9 Å². The molecule has 0 saturated carbocycles. The maximum absolute atomic E-state index is 10.4. The zero-order valence-corrected chi connectivity index (χ0v) is 10.3. The van der Waals surface area contributed by atoms with E-state index in [2.05, 4.69) is 6.07 Å². The maximum atomic E-state index is 10.4. The van der Waals surface area contributed by atoms with Gasteiger partial charge in [-0.25, -0.2) is 0 Å².